The van der Waals surface area contributed by atoms with Crippen molar-refractivity contribution in [3.63, 3.8) is 0 Å². The van der Waals surface area contributed by atoms with Crippen molar-refractivity contribution < 1.29 is 4.39 Å². The van der Waals surface area contributed by atoms with Gasteiger partial charge in [-0.2, -0.15) is 0 Å². The molecule has 0 unspecified atom stereocenters. The minimum atomic E-state index is -0.305. The van der Waals surface area contributed by atoms with Crippen LogP contribution in [0.2, 0.25) is 0 Å². The largest absolute Gasteiger partial charge is 0.314 e. The first-order valence-corrected chi connectivity index (χ1v) is 7.25. The van der Waals surface area contributed by atoms with Gasteiger partial charge in [-0.05, 0) is 22.4 Å². The molecule has 2 heterocycles. The maximum atomic E-state index is 13.5. The van der Waals surface area contributed by atoms with Crippen molar-refractivity contribution >= 4 is 21.4 Å². The van der Waals surface area contributed by atoms with Gasteiger partial charge in [0.2, 0.25) is 0 Å². The molecule has 3 rings (SSSR count). The quantitative estimate of drug-likeness (QED) is 0.917. The average molecular weight is 264 g/mol. The highest BCUT2D eigenvalue weighted by Gasteiger charge is 2.24. The second-order valence-electron chi connectivity index (χ2n) is 4.64. The first-order chi connectivity index (χ1) is 8.90. The highest BCUT2D eigenvalue weighted by atomic mass is 32.1. The fourth-order valence-electron chi connectivity index (χ4n) is 2.63. The number of rotatable bonds is 3. The molecule has 1 atom stereocenters. The molecule has 1 aliphatic heterocycles. The van der Waals surface area contributed by atoms with E-state index in [0.29, 0.717) is 0 Å². The lowest BCUT2D eigenvalue weighted by molar-refractivity contribution is 0.149. The highest BCUT2D eigenvalue weighted by Crippen LogP contribution is 2.33. The first-order valence-electron chi connectivity index (χ1n) is 6.37. The Balaban J connectivity index is 1.95. The smallest absolute Gasteiger partial charge is 0.109 e. The second kappa shape index (κ2) is 5.34. The number of hydrogen-bond donors (Lipinski definition) is 1. The lowest BCUT2D eigenvalue weighted by Gasteiger charge is -2.33. The summed E-state index contributed by atoms with van der Waals surface area (Å²) < 4.78 is 14.7. The van der Waals surface area contributed by atoms with Crippen LogP contribution in [-0.4, -0.2) is 37.8 Å². The molecule has 4 heteroatoms. The number of alkyl halides is 1. The van der Waals surface area contributed by atoms with Gasteiger partial charge < -0.3 is 5.32 Å². The van der Waals surface area contributed by atoms with Gasteiger partial charge in [0.05, 0.1) is 6.04 Å². The van der Waals surface area contributed by atoms with Gasteiger partial charge in [0.1, 0.15) is 6.67 Å². The van der Waals surface area contributed by atoms with Crippen molar-refractivity contribution in [3.05, 3.63) is 35.2 Å². The summed E-state index contributed by atoms with van der Waals surface area (Å²) in [5, 5.41) is 6.65. The van der Waals surface area contributed by atoms with Crippen molar-refractivity contribution in [1.82, 2.24) is 10.2 Å². The Morgan fingerprint density at radius 3 is 2.83 bits per heavy atom. The molecule has 1 aliphatic rings. The molecule has 1 saturated heterocycles. The summed E-state index contributed by atoms with van der Waals surface area (Å²) in [6.07, 6.45) is 0. The van der Waals surface area contributed by atoms with Gasteiger partial charge in [-0.1, -0.05) is 18.2 Å². The fourth-order valence-corrected chi connectivity index (χ4v) is 3.64. The first kappa shape index (κ1) is 12.1. The monoisotopic (exact) mass is 264 g/mol. The zero-order valence-corrected chi connectivity index (χ0v) is 11.0. The van der Waals surface area contributed by atoms with Crippen LogP contribution in [0.4, 0.5) is 4.39 Å². The van der Waals surface area contributed by atoms with Crippen LogP contribution in [0, 0.1) is 0 Å². The van der Waals surface area contributed by atoms with Gasteiger partial charge in [-0.15, -0.1) is 11.3 Å². The molecule has 2 nitrogen and oxygen atoms in total. The van der Waals surface area contributed by atoms with E-state index in [1.807, 2.05) is 12.1 Å². The Hall–Kier alpha value is -0.970. The van der Waals surface area contributed by atoms with Crippen LogP contribution in [0.5, 0.6) is 0 Å². The molecule has 0 amide bonds. The van der Waals surface area contributed by atoms with E-state index in [-0.39, 0.29) is 12.7 Å². The van der Waals surface area contributed by atoms with Gasteiger partial charge in [-0.25, -0.2) is 4.39 Å². The number of fused-ring (bicyclic) bond motifs is 1. The number of hydrogen-bond acceptors (Lipinski definition) is 3. The van der Waals surface area contributed by atoms with Crippen LogP contribution in [0.25, 0.3) is 10.1 Å². The Bertz CT molecular complexity index is 519. The molecule has 1 aromatic heterocycles. The number of benzene rings is 1. The van der Waals surface area contributed by atoms with Gasteiger partial charge in [0.25, 0.3) is 0 Å². The number of thiophene rings is 1. The Kier molecular flexibility index (Phi) is 3.59. The van der Waals surface area contributed by atoms with E-state index in [1.165, 1.54) is 10.1 Å². The highest BCUT2D eigenvalue weighted by molar-refractivity contribution is 7.17. The summed E-state index contributed by atoms with van der Waals surface area (Å²) >= 11 is 1.71. The van der Waals surface area contributed by atoms with Crippen molar-refractivity contribution in [2.45, 2.75) is 6.04 Å². The third-order valence-electron chi connectivity index (χ3n) is 3.61. The average Bonchev–Trinajstić information content (AvgIpc) is 2.85. The summed E-state index contributed by atoms with van der Waals surface area (Å²) in [6.45, 7) is 3.47. The maximum Gasteiger partial charge on any atom is 0.109 e. The Morgan fingerprint density at radius 1 is 1.28 bits per heavy atom. The minimum Gasteiger partial charge on any atom is -0.314 e. The van der Waals surface area contributed by atoms with Gasteiger partial charge in [0.15, 0.2) is 0 Å². The van der Waals surface area contributed by atoms with E-state index >= 15 is 0 Å². The molecule has 2 aromatic rings. The summed E-state index contributed by atoms with van der Waals surface area (Å²) in [4.78, 5) is 2.25. The summed E-state index contributed by atoms with van der Waals surface area (Å²) in [7, 11) is 0. The van der Waals surface area contributed by atoms with E-state index in [0.717, 1.165) is 31.7 Å². The van der Waals surface area contributed by atoms with E-state index < -0.39 is 0 Å². The van der Waals surface area contributed by atoms with Crippen LogP contribution in [0.1, 0.15) is 11.6 Å². The SMILES string of the molecule is FC[C@H](c1csc2ccccc12)N1CCNCC1. The second-order valence-corrected chi connectivity index (χ2v) is 5.55. The molecular weight excluding hydrogens is 247 g/mol. The Morgan fingerprint density at radius 2 is 2.06 bits per heavy atom. The van der Waals surface area contributed by atoms with Crippen LogP contribution in [0.15, 0.2) is 29.6 Å². The van der Waals surface area contributed by atoms with E-state index in [1.54, 1.807) is 11.3 Å². The van der Waals surface area contributed by atoms with Crippen LogP contribution in [-0.2, 0) is 0 Å². The molecule has 0 saturated carbocycles. The lowest BCUT2D eigenvalue weighted by atomic mass is 10.0. The molecular formula is C14H17FN2S. The number of nitrogens with one attached hydrogen (secondary N) is 1. The zero-order valence-electron chi connectivity index (χ0n) is 10.2. The third kappa shape index (κ3) is 2.16. The molecule has 1 N–H and O–H groups in total. The molecule has 0 radical (unpaired) electrons. The van der Waals surface area contributed by atoms with Crippen LogP contribution in [0.3, 0.4) is 0 Å². The molecule has 0 spiro atoms. The standard InChI is InChI=1S/C14H17FN2S/c15-9-13(17-7-5-16-6-8-17)12-10-18-14-4-2-1-3-11(12)14/h1-4,10,13,16H,5-9H2/t13-/m1/s1. The summed E-state index contributed by atoms with van der Waals surface area (Å²) in [5.41, 5.74) is 1.15. The van der Waals surface area contributed by atoms with Crippen molar-refractivity contribution in [3.8, 4) is 0 Å². The summed E-state index contributed by atoms with van der Waals surface area (Å²) in [6, 6.07) is 8.20. The molecule has 96 valence electrons. The predicted molar refractivity (Wildman–Crippen MR) is 75.0 cm³/mol. The molecule has 1 fully saturated rings. The minimum absolute atomic E-state index is 0.0803. The predicted octanol–water partition coefficient (Wildman–Crippen LogP) is 2.82. The Labute approximate surface area is 110 Å². The fraction of sp³-hybridized carbons (Fsp3) is 0.429. The third-order valence-corrected chi connectivity index (χ3v) is 4.59. The van der Waals surface area contributed by atoms with Gasteiger partial charge in [-0.3, -0.25) is 4.90 Å². The number of nitrogens with zero attached hydrogens (tertiary/aromatic N) is 1. The molecule has 0 bridgehead atoms. The number of piperazine rings is 1. The van der Waals surface area contributed by atoms with Gasteiger partial charge >= 0.3 is 0 Å². The lowest BCUT2D eigenvalue weighted by Crippen LogP contribution is -2.45. The van der Waals surface area contributed by atoms with Crippen molar-refractivity contribution in [1.29, 1.82) is 0 Å². The topological polar surface area (TPSA) is 15.3 Å². The normalized spacial score (nSPS) is 19.2. The maximum absolute atomic E-state index is 13.5. The van der Waals surface area contributed by atoms with Crippen molar-refractivity contribution in [2.75, 3.05) is 32.9 Å². The van der Waals surface area contributed by atoms with Crippen LogP contribution < -0.4 is 5.32 Å². The van der Waals surface area contributed by atoms with Crippen molar-refractivity contribution in [2.24, 2.45) is 0 Å². The molecule has 1 aromatic carbocycles. The number of halogens is 1. The van der Waals surface area contributed by atoms with E-state index in [2.05, 4.69) is 27.7 Å². The van der Waals surface area contributed by atoms with Crippen LogP contribution >= 0.6 is 11.3 Å². The molecule has 0 aliphatic carbocycles. The van der Waals surface area contributed by atoms with E-state index in [4.69, 9.17) is 0 Å². The van der Waals surface area contributed by atoms with E-state index in [9.17, 15) is 4.39 Å². The summed E-state index contributed by atoms with van der Waals surface area (Å²) in [5.74, 6) is 0. The molecule has 18 heavy (non-hydrogen) atoms. The zero-order chi connectivity index (χ0) is 12.4. The van der Waals surface area contributed by atoms with Gasteiger partial charge in [0, 0.05) is 30.9 Å².